The number of urea groups is 1. The molecule has 2 unspecified atom stereocenters. The number of nitrogens with zero attached hydrogens (tertiary/aromatic N) is 3. The van der Waals surface area contributed by atoms with Crippen molar-refractivity contribution in [2.24, 2.45) is 0 Å². The second-order valence-electron chi connectivity index (χ2n) is 5.77. The van der Waals surface area contributed by atoms with E-state index in [-0.39, 0.29) is 31.1 Å². The van der Waals surface area contributed by atoms with Crippen LogP contribution in [0, 0.1) is 0 Å². The second kappa shape index (κ2) is 6.30. The van der Waals surface area contributed by atoms with E-state index in [2.05, 4.69) is 10.2 Å². The van der Waals surface area contributed by atoms with Crippen molar-refractivity contribution in [2.75, 3.05) is 40.3 Å². The highest BCUT2D eigenvalue weighted by molar-refractivity contribution is 5.90. The summed E-state index contributed by atoms with van der Waals surface area (Å²) in [4.78, 5) is 40.2. The molecule has 2 aliphatic rings. The van der Waals surface area contributed by atoms with Crippen molar-refractivity contribution in [1.29, 1.82) is 0 Å². The average molecular weight is 298 g/mol. The number of likely N-dealkylation sites (tertiary alicyclic amines) is 1. The molecule has 0 aromatic rings. The Kier molecular flexibility index (Phi) is 4.66. The van der Waals surface area contributed by atoms with Crippen LogP contribution in [-0.4, -0.2) is 90.1 Å². The molecule has 0 bridgehead atoms. The number of carbonyl (C=O) groups excluding carboxylic acids is 2. The minimum Gasteiger partial charge on any atom is -0.480 e. The molecule has 2 aliphatic heterocycles. The first kappa shape index (κ1) is 15.6. The summed E-state index contributed by atoms with van der Waals surface area (Å²) in [6.07, 6.45) is 1.89. The molecule has 118 valence electrons. The van der Waals surface area contributed by atoms with E-state index >= 15 is 0 Å². The highest BCUT2D eigenvalue weighted by atomic mass is 16.4. The minimum atomic E-state index is -1.09. The summed E-state index contributed by atoms with van der Waals surface area (Å²) in [5, 5.41) is 11.7. The van der Waals surface area contributed by atoms with Crippen LogP contribution >= 0.6 is 0 Å². The first-order chi connectivity index (χ1) is 9.90. The lowest BCUT2D eigenvalue weighted by atomic mass is 10.1. The largest absolute Gasteiger partial charge is 0.480 e. The normalized spacial score (nSPS) is 26.7. The molecule has 2 atom stereocenters. The first-order valence-electron chi connectivity index (χ1n) is 7.11. The second-order valence-corrected chi connectivity index (χ2v) is 5.77. The predicted octanol–water partition coefficient (Wildman–Crippen LogP) is -0.983. The molecule has 21 heavy (non-hydrogen) atoms. The quantitative estimate of drug-likeness (QED) is 0.683. The zero-order chi connectivity index (χ0) is 15.6. The fourth-order valence-corrected chi connectivity index (χ4v) is 2.79. The maximum absolute atomic E-state index is 12.6. The number of carbonyl (C=O) groups is 3. The van der Waals surface area contributed by atoms with Gasteiger partial charge in [-0.05, 0) is 26.9 Å². The molecule has 2 heterocycles. The van der Waals surface area contributed by atoms with Gasteiger partial charge in [0.05, 0.1) is 0 Å². The Morgan fingerprint density at radius 3 is 2.71 bits per heavy atom. The molecule has 3 amide bonds. The molecular formula is C13H22N4O4. The number of piperidine rings is 1. The summed E-state index contributed by atoms with van der Waals surface area (Å²) >= 11 is 0. The van der Waals surface area contributed by atoms with E-state index < -0.39 is 12.0 Å². The number of likely N-dealkylation sites (N-methyl/N-ethyl adjacent to an activating group) is 1. The number of carboxylic acid groups (broad SMARTS) is 1. The van der Waals surface area contributed by atoms with Gasteiger partial charge in [0, 0.05) is 25.7 Å². The Bertz CT molecular complexity index is 440. The maximum Gasteiger partial charge on any atom is 0.328 e. The van der Waals surface area contributed by atoms with Crippen molar-refractivity contribution in [3.05, 3.63) is 0 Å². The maximum atomic E-state index is 12.6. The van der Waals surface area contributed by atoms with Crippen LogP contribution in [0.15, 0.2) is 0 Å². The molecule has 2 N–H and O–H groups in total. The van der Waals surface area contributed by atoms with Crippen molar-refractivity contribution >= 4 is 17.9 Å². The van der Waals surface area contributed by atoms with Gasteiger partial charge in [-0.1, -0.05) is 0 Å². The lowest BCUT2D eigenvalue weighted by Crippen LogP contribution is -2.63. The van der Waals surface area contributed by atoms with Crippen LogP contribution in [0.1, 0.15) is 12.8 Å². The van der Waals surface area contributed by atoms with Crippen molar-refractivity contribution in [2.45, 2.75) is 24.9 Å². The topological polar surface area (TPSA) is 93.2 Å². The van der Waals surface area contributed by atoms with Gasteiger partial charge >= 0.3 is 12.0 Å². The molecule has 0 aromatic heterocycles. The van der Waals surface area contributed by atoms with Crippen LogP contribution < -0.4 is 5.32 Å². The van der Waals surface area contributed by atoms with Crippen molar-refractivity contribution in [1.82, 2.24) is 20.0 Å². The van der Waals surface area contributed by atoms with Gasteiger partial charge < -0.3 is 20.2 Å². The minimum absolute atomic E-state index is 0.0368. The first-order valence-corrected chi connectivity index (χ1v) is 7.11. The van der Waals surface area contributed by atoms with Crippen molar-refractivity contribution in [3.63, 3.8) is 0 Å². The van der Waals surface area contributed by atoms with E-state index in [4.69, 9.17) is 0 Å². The van der Waals surface area contributed by atoms with Gasteiger partial charge in [-0.25, -0.2) is 9.59 Å². The summed E-state index contributed by atoms with van der Waals surface area (Å²) in [5.74, 6) is -1.41. The Morgan fingerprint density at radius 1 is 1.38 bits per heavy atom. The van der Waals surface area contributed by atoms with Gasteiger partial charge in [-0.2, -0.15) is 0 Å². The zero-order valence-corrected chi connectivity index (χ0v) is 12.4. The number of aliphatic carboxylic acids is 1. The average Bonchev–Trinajstić information content (AvgIpc) is 2.46. The van der Waals surface area contributed by atoms with Gasteiger partial charge in [-0.3, -0.25) is 9.69 Å². The SMILES string of the molecule is CN(C)C1CCCN(C(=O)N2CC(=O)NCC2C(=O)O)C1. The van der Waals surface area contributed by atoms with Gasteiger partial charge in [0.1, 0.15) is 12.6 Å². The Balaban J connectivity index is 2.09. The van der Waals surface area contributed by atoms with Gasteiger partial charge in [0.2, 0.25) is 5.91 Å². The highest BCUT2D eigenvalue weighted by Crippen LogP contribution is 2.17. The molecule has 0 spiro atoms. The number of nitrogens with one attached hydrogen (secondary N) is 1. The molecule has 2 saturated heterocycles. The molecular weight excluding hydrogens is 276 g/mol. The summed E-state index contributed by atoms with van der Waals surface area (Å²) in [6.45, 7) is 0.938. The highest BCUT2D eigenvalue weighted by Gasteiger charge is 2.38. The monoisotopic (exact) mass is 298 g/mol. The smallest absolute Gasteiger partial charge is 0.328 e. The molecule has 0 radical (unpaired) electrons. The van der Waals surface area contributed by atoms with Crippen LogP contribution in [0.4, 0.5) is 4.79 Å². The Hall–Kier alpha value is -1.83. The molecule has 8 nitrogen and oxygen atoms in total. The van der Waals surface area contributed by atoms with E-state index in [1.54, 1.807) is 4.90 Å². The number of carboxylic acids is 1. The van der Waals surface area contributed by atoms with Crippen LogP contribution in [0.3, 0.4) is 0 Å². The summed E-state index contributed by atoms with van der Waals surface area (Å²) in [6, 6.07) is -1.08. The van der Waals surface area contributed by atoms with Crippen LogP contribution in [-0.2, 0) is 9.59 Å². The fourth-order valence-electron chi connectivity index (χ4n) is 2.79. The van der Waals surface area contributed by atoms with E-state index in [1.807, 2.05) is 14.1 Å². The summed E-state index contributed by atoms with van der Waals surface area (Å²) in [5.41, 5.74) is 0. The number of hydrogen-bond acceptors (Lipinski definition) is 4. The Morgan fingerprint density at radius 2 is 2.10 bits per heavy atom. The Labute approximate surface area is 123 Å². The molecule has 0 aliphatic carbocycles. The van der Waals surface area contributed by atoms with E-state index in [9.17, 15) is 19.5 Å². The molecule has 2 fully saturated rings. The van der Waals surface area contributed by atoms with Gasteiger partial charge in [0.15, 0.2) is 0 Å². The van der Waals surface area contributed by atoms with E-state index in [1.165, 1.54) is 4.90 Å². The number of amides is 3. The fraction of sp³-hybridized carbons (Fsp3) is 0.769. The third-order valence-corrected chi connectivity index (χ3v) is 4.11. The van der Waals surface area contributed by atoms with Crippen molar-refractivity contribution < 1.29 is 19.5 Å². The summed E-state index contributed by atoms with van der Waals surface area (Å²) in [7, 11) is 3.93. The van der Waals surface area contributed by atoms with E-state index in [0.717, 1.165) is 12.8 Å². The standard InChI is InChI=1S/C13H22N4O4/c1-15(2)9-4-3-5-16(7-9)13(21)17-8-11(18)14-6-10(17)12(19)20/h9-10H,3-8H2,1-2H3,(H,14,18)(H,19,20). The van der Waals surface area contributed by atoms with Gasteiger partial charge in [-0.15, -0.1) is 0 Å². The number of rotatable bonds is 2. The van der Waals surface area contributed by atoms with Crippen molar-refractivity contribution in [3.8, 4) is 0 Å². The lowest BCUT2D eigenvalue weighted by molar-refractivity contribution is -0.144. The number of piperazine rings is 1. The molecule has 0 aromatic carbocycles. The molecule has 8 heteroatoms. The molecule has 0 saturated carbocycles. The zero-order valence-electron chi connectivity index (χ0n) is 12.4. The molecule has 2 rings (SSSR count). The van der Waals surface area contributed by atoms with Gasteiger partial charge in [0.25, 0.3) is 0 Å². The number of hydrogen-bond donors (Lipinski definition) is 2. The lowest BCUT2D eigenvalue weighted by Gasteiger charge is -2.41. The van der Waals surface area contributed by atoms with Crippen LogP contribution in [0.25, 0.3) is 0 Å². The van der Waals surface area contributed by atoms with Crippen LogP contribution in [0.5, 0.6) is 0 Å². The third kappa shape index (κ3) is 3.44. The third-order valence-electron chi connectivity index (χ3n) is 4.11. The predicted molar refractivity (Wildman–Crippen MR) is 74.8 cm³/mol. The summed E-state index contributed by atoms with van der Waals surface area (Å²) < 4.78 is 0. The van der Waals surface area contributed by atoms with E-state index in [0.29, 0.717) is 13.1 Å². The van der Waals surface area contributed by atoms with Crippen LogP contribution in [0.2, 0.25) is 0 Å².